The Morgan fingerprint density at radius 2 is 1.61 bits per heavy atom. The summed E-state index contributed by atoms with van der Waals surface area (Å²) in [6, 6.07) is 16.5. The molecule has 1 amide bonds. The summed E-state index contributed by atoms with van der Waals surface area (Å²) in [5.74, 6) is 0.937. The molecule has 0 bridgehead atoms. The number of hydrogen-bond acceptors (Lipinski definition) is 2. The molecule has 2 aromatic rings. The Balaban J connectivity index is 2.01. The van der Waals surface area contributed by atoms with Crippen molar-refractivity contribution >= 4 is 23.4 Å². The van der Waals surface area contributed by atoms with Crippen LogP contribution in [-0.2, 0) is 23.4 Å². The molecule has 3 heteroatoms. The van der Waals surface area contributed by atoms with Crippen molar-refractivity contribution in [3.8, 4) is 0 Å². The molecule has 2 nitrogen and oxygen atoms in total. The maximum absolute atomic E-state index is 12.5. The summed E-state index contributed by atoms with van der Waals surface area (Å²) in [7, 11) is 0. The molecule has 0 saturated heterocycles. The number of aryl methyl sites for hydroxylation is 2. The number of rotatable bonds is 7. The molecule has 0 radical (unpaired) electrons. The van der Waals surface area contributed by atoms with Gasteiger partial charge in [0.15, 0.2) is 0 Å². The van der Waals surface area contributed by atoms with Crippen LogP contribution >= 0.6 is 11.8 Å². The van der Waals surface area contributed by atoms with Gasteiger partial charge in [0.25, 0.3) is 0 Å². The van der Waals surface area contributed by atoms with Gasteiger partial charge in [0, 0.05) is 11.4 Å². The normalized spacial score (nSPS) is 12.0. The Morgan fingerprint density at radius 3 is 2.17 bits per heavy atom. The predicted octanol–water partition coefficient (Wildman–Crippen LogP) is 5.07. The summed E-state index contributed by atoms with van der Waals surface area (Å²) in [6.07, 6.45) is 1.85. The number of carbonyl (C=O) groups excluding carboxylic acids is 1. The van der Waals surface area contributed by atoms with Crippen LogP contribution in [0.5, 0.6) is 0 Å². The van der Waals surface area contributed by atoms with Crippen LogP contribution in [0.3, 0.4) is 0 Å². The quantitative estimate of drug-likeness (QED) is 0.769. The van der Waals surface area contributed by atoms with E-state index in [2.05, 4.69) is 49.5 Å². The first-order valence-corrected chi connectivity index (χ1v) is 9.27. The van der Waals surface area contributed by atoms with Crippen LogP contribution in [0.1, 0.15) is 37.5 Å². The Labute approximate surface area is 143 Å². The molecule has 2 aromatic carbocycles. The molecule has 1 N–H and O–H groups in total. The molecule has 0 heterocycles. The first-order valence-electron chi connectivity index (χ1n) is 8.22. The molecule has 0 saturated carbocycles. The van der Waals surface area contributed by atoms with E-state index in [1.54, 1.807) is 11.8 Å². The standard InChI is InChI=1S/C20H25NOS/c1-4-17-12-9-13-18(5-2)19(17)21-20(22)15(3)23-14-16-10-7-6-8-11-16/h6-13,15H,4-5,14H2,1-3H3,(H,21,22)/t15-/m0/s1. The summed E-state index contributed by atoms with van der Waals surface area (Å²) in [5, 5.41) is 3.08. The first kappa shape index (κ1) is 17.6. The van der Waals surface area contributed by atoms with E-state index in [0.29, 0.717) is 0 Å². The van der Waals surface area contributed by atoms with Gasteiger partial charge >= 0.3 is 0 Å². The van der Waals surface area contributed by atoms with E-state index in [1.165, 1.54) is 16.7 Å². The fourth-order valence-electron chi connectivity index (χ4n) is 2.50. The molecule has 0 unspecified atom stereocenters. The third kappa shape index (κ3) is 4.87. The number of nitrogens with one attached hydrogen (secondary N) is 1. The number of hydrogen-bond donors (Lipinski definition) is 1. The van der Waals surface area contributed by atoms with Crippen LogP contribution in [0, 0.1) is 0 Å². The fraction of sp³-hybridized carbons (Fsp3) is 0.350. The summed E-state index contributed by atoms with van der Waals surface area (Å²) in [5.41, 5.74) is 4.67. The van der Waals surface area contributed by atoms with E-state index in [4.69, 9.17) is 0 Å². The van der Waals surface area contributed by atoms with Gasteiger partial charge in [0.2, 0.25) is 5.91 Å². The van der Waals surface area contributed by atoms with Crippen molar-refractivity contribution in [2.75, 3.05) is 5.32 Å². The predicted molar refractivity (Wildman–Crippen MR) is 101 cm³/mol. The zero-order valence-electron chi connectivity index (χ0n) is 14.1. The van der Waals surface area contributed by atoms with Gasteiger partial charge in [-0.25, -0.2) is 0 Å². The summed E-state index contributed by atoms with van der Waals surface area (Å²) < 4.78 is 0. The Hall–Kier alpha value is -1.74. The van der Waals surface area contributed by atoms with Crippen molar-refractivity contribution < 1.29 is 4.79 Å². The minimum absolute atomic E-state index is 0.0789. The fourth-order valence-corrected chi connectivity index (χ4v) is 3.34. The lowest BCUT2D eigenvalue weighted by Crippen LogP contribution is -2.24. The van der Waals surface area contributed by atoms with E-state index >= 15 is 0 Å². The van der Waals surface area contributed by atoms with Gasteiger partial charge in [0.1, 0.15) is 0 Å². The van der Waals surface area contributed by atoms with Crippen molar-refractivity contribution in [3.63, 3.8) is 0 Å². The van der Waals surface area contributed by atoms with Crippen molar-refractivity contribution in [2.45, 2.75) is 44.6 Å². The maximum Gasteiger partial charge on any atom is 0.237 e. The smallest absolute Gasteiger partial charge is 0.237 e. The third-order valence-electron chi connectivity index (χ3n) is 3.96. The molecular formula is C20H25NOS. The number of para-hydroxylation sites is 1. The molecule has 0 aliphatic carbocycles. The van der Waals surface area contributed by atoms with Crippen LogP contribution in [0.4, 0.5) is 5.69 Å². The van der Waals surface area contributed by atoms with E-state index in [1.807, 2.05) is 25.1 Å². The Bertz CT molecular complexity index is 617. The van der Waals surface area contributed by atoms with Crippen molar-refractivity contribution in [1.82, 2.24) is 0 Å². The number of thioether (sulfide) groups is 1. The molecule has 23 heavy (non-hydrogen) atoms. The largest absolute Gasteiger partial charge is 0.325 e. The second-order valence-corrected chi connectivity index (χ2v) is 6.92. The Morgan fingerprint density at radius 1 is 1.00 bits per heavy atom. The van der Waals surface area contributed by atoms with Gasteiger partial charge in [-0.1, -0.05) is 62.4 Å². The average Bonchev–Trinajstić information content (AvgIpc) is 2.60. The highest BCUT2D eigenvalue weighted by atomic mass is 32.2. The lowest BCUT2D eigenvalue weighted by atomic mass is 10.0. The van der Waals surface area contributed by atoms with Gasteiger partial charge < -0.3 is 5.32 Å². The molecule has 0 aromatic heterocycles. The van der Waals surface area contributed by atoms with E-state index in [0.717, 1.165) is 24.3 Å². The highest BCUT2D eigenvalue weighted by molar-refractivity contribution is 7.99. The van der Waals surface area contributed by atoms with Gasteiger partial charge in [0.05, 0.1) is 5.25 Å². The zero-order valence-corrected chi connectivity index (χ0v) is 15.0. The molecule has 2 rings (SSSR count). The Kier molecular flexibility index (Phi) is 6.72. The van der Waals surface area contributed by atoms with Crippen molar-refractivity contribution in [3.05, 3.63) is 65.2 Å². The van der Waals surface area contributed by atoms with Gasteiger partial charge in [-0.05, 0) is 36.5 Å². The first-order chi connectivity index (χ1) is 11.2. The highest BCUT2D eigenvalue weighted by Crippen LogP contribution is 2.25. The van der Waals surface area contributed by atoms with E-state index in [9.17, 15) is 4.79 Å². The molecular weight excluding hydrogens is 302 g/mol. The van der Waals surface area contributed by atoms with Crippen LogP contribution in [0.2, 0.25) is 0 Å². The maximum atomic E-state index is 12.5. The van der Waals surface area contributed by atoms with Crippen LogP contribution in [0.25, 0.3) is 0 Å². The number of amides is 1. The average molecular weight is 327 g/mol. The molecule has 0 aliphatic heterocycles. The monoisotopic (exact) mass is 327 g/mol. The van der Waals surface area contributed by atoms with E-state index in [-0.39, 0.29) is 11.2 Å². The molecule has 0 fully saturated rings. The topological polar surface area (TPSA) is 29.1 Å². The van der Waals surface area contributed by atoms with Crippen LogP contribution < -0.4 is 5.32 Å². The lowest BCUT2D eigenvalue weighted by molar-refractivity contribution is -0.115. The van der Waals surface area contributed by atoms with Gasteiger partial charge in [-0.3, -0.25) is 4.79 Å². The molecule has 0 aliphatic rings. The number of anilines is 1. The van der Waals surface area contributed by atoms with Crippen molar-refractivity contribution in [2.24, 2.45) is 0 Å². The molecule has 0 spiro atoms. The second-order valence-electron chi connectivity index (χ2n) is 5.59. The highest BCUT2D eigenvalue weighted by Gasteiger charge is 2.16. The summed E-state index contributed by atoms with van der Waals surface area (Å²) in [4.78, 5) is 12.5. The summed E-state index contributed by atoms with van der Waals surface area (Å²) in [6.45, 7) is 6.22. The third-order valence-corrected chi connectivity index (χ3v) is 5.17. The molecule has 1 atom stereocenters. The number of carbonyl (C=O) groups is 1. The lowest BCUT2D eigenvalue weighted by Gasteiger charge is -2.17. The van der Waals surface area contributed by atoms with Gasteiger partial charge in [-0.15, -0.1) is 11.8 Å². The second kappa shape index (κ2) is 8.78. The van der Waals surface area contributed by atoms with E-state index < -0.39 is 0 Å². The van der Waals surface area contributed by atoms with Crippen molar-refractivity contribution in [1.29, 1.82) is 0 Å². The summed E-state index contributed by atoms with van der Waals surface area (Å²) >= 11 is 1.67. The van der Waals surface area contributed by atoms with Gasteiger partial charge in [-0.2, -0.15) is 0 Å². The molecule has 122 valence electrons. The van der Waals surface area contributed by atoms with Crippen LogP contribution in [0.15, 0.2) is 48.5 Å². The number of benzene rings is 2. The van der Waals surface area contributed by atoms with Crippen LogP contribution in [-0.4, -0.2) is 11.2 Å². The SMILES string of the molecule is CCc1cccc(CC)c1NC(=O)[C@H](C)SCc1ccccc1. The minimum Gasteiger partial charge on any atom is -0.325 e. The minimum atomic E-state index is -0.0789. The zero-order chi connectivity index (χ0) is 16.7.